The van der Waals surface area contributed by atoms with E-state index in [4.69, 9.17) is 4.42 Å². The van der Waals surface area contributed by atoms with E-state index < -0.39 is 0 Å². The zero-order valence-corrected chi connectivity index (χ0v) is 14.5. The minimum Gasteiger partial charge on any atom is -0.460 e. The van der Waals surface area contributed by atoms with Crippen LogP contribution in [0, 0.1) is 5.92 Å². The van der Waals surface area contributed by atoms with Crippen LogP contribution in [0.15, 0.2) is 46.9 Å². The predicted molar refractivity (Wildman–Crippen MR) is 95.4 cm³/mol. The van der Waals surface area contributed by atoms with Gasteiger partial charge in [0.25, 0.3) is 0 Å². The van der Waals surface area contributed by atoms with E-state index in [0.717, 1.165) is 49.6 Å². The molecule has 1 aliphatic rings. The molecule has 0 aliphatic carbocycles. The Kier molecular flexibility index (Phi) is 5.36. The third-order valence-corrected chi connectivity index (χ3v) is 4.59. The van der Waals surface area contributed by atoms with Crippen LogP contribution in [0.3, 0.4) is 0 Å². The zero-order valence-electron chi connectivity index (χ0n) is 14.5. The zero-order chi connectivity index (χ0) is 16.9. The maximum absolute atomic E-state index is 12.0. The van der Waals surface area contributed by atoms with Crippen molar-refractivity contribution >= 4 is 5.91 Å². The number of nitrogens with one attached hydrogen (secondary N) is 1. The van der Waals surface area contributed by atoms with Crippen molar-refractivity contribution in [2.75, 3.05) is 13.1 Å². The molecule has 128 valence electrons. The SMILES string of the molecule is CC(C)C(=O)N1CCC(NCc2ccc(-c3ccccc3)o2)CC1. The summed E-state index contributed by atoms with van der Waals surface area (Å²) in [5.41, 5.74) is 1.10. The maximum atomic E-state index is 12.0. The van der Waals surface area contributed by atoms with Crippen molar-refractivity contribution in [3.8, 4) is 11.3 Å². The van der Waals surface area contributed by atoms with Gasteiger partial charge in [-0.05, 0) is 25.0 Å². The number of carbonyl (C=O) groups is 1. The Bertz CT molecular complexity index is 655. The van der Waals surface area contributed by atoms with Crippen LogP contribution in [0.2, 0.25) is 0 Å². The van der Waals surface area contributed by atoms with Crippen molar-refractivity contribution in [3.63, 3.8) is 0 Å². The van der Waals surface area contributed by atoms with Crippen LogP contribution >= 0.6 is 0 Å². The Morgan fingerprint density at radius 1 is 1.17 bits per heavy atom. The van der Waals surface area contributed by atoms with E-state index in [0.29, 0.717) is 6.04 Å². The lowest BCUT2D eigenvalue weighted by atomic mass is 10.0. The van der Waals surface area contributed by atoms with E-state index in [1.54, 1.807) is 0 Å². The number of rotatable bonds is 5. The van der Waals surface area contributed by atoms with Gasteiger partial charge < -0.3 is 14.6 Å². The summed E-state index contributed by atoms with van der Waals surface area (Å²) >= 11 is 0. The van der Waals surface area contributed by atoms with Crippen LogP contribution in [0.5, 0.6) is 0 Å². The minimum absolute atomic E-state index is 0.0917. The number of carbonyl (C=O) groups excluding carboxylic acids is 1. The van der Waals surface area contributed by atoms with Crippen LogP contribution in [0.25, 0.3) is 11.3 Å². The van der Waals surface area contributed by atoms with Gasteiger partial charge >= 0.3 is 0 Å². The second kappa shape index (κ2) is 7.67. The van der Waals surface area contributed by atoms with Crippen molar-refractivity contribution in [2.45, 2.75) is 39.3 Å². The second-order valence-corrected chi connectivity index (χ2v) is 6.77. The molecule has 1 fully saturated rings. The Balaban J connectivity index is 1.48. The highest BCUT2D eigenvalue weighted by molar-refractivity contribution is 5.78. The third kappa shape index (κ3) is 4.06. The molecule has 24 heavy (non-hydrogen) atoms. The normalized spacial score (nSPS) is 15.9. The molecule has 0 saturated carbocycles. The Hall–Kier alpha value is -2.07. The third-order valence-electron chi connectivity index (χ3n) is 4.59. The number of hydrogen-bond acceptors (Lipinski definition) is 3. The lowest BCUT2D eigenvalue weighted by Gasteiger charge is -2.33. The number of benzene rings is 1. The maximum Gasteiger partial charge on any atom is 0.225 e. The molecule has 1 aromatic carbocycles. The van der Waals surface area contributed by atoms with Crippen LogP contribution in [0.1, 0.15) is 32.4 Å². The number of hydrogen-bond donors (Lipinski definition) is 1. The molecule has 1 aromatic heterocycles. The van der Waals surface area contributed by atoms with Crippen molar-refractivity contribution in [2.24, 2.45) is 5.92 Å². The summed E-state index contributed by atoms with van der Waals surface area (Å²) in [6, 6.07) is 14.7. The summed E-state index contributed by atoms with van der Waals surface area (Å²) in [7, 11) is 0. The number of furan rings is 1. The van der Waals surface area contributed by atoms with Gasteiger partial charge in [0.1, 0.15) is 11.5 Å². The largest absolute Gasteiger partial charge is 0.460 e. The lowest BCUT2D eigenvalue weighted by molar-refractivity contribution is -0.135. The van der Waals surface area contributed by atoms with Crippen LogP contribution in [-0.4, -0.2) is 29.9 Å². The van der Waals surface area contributed by atoms with Gasteiger partial charge in [0.05, 0.1) is 6.54 Å². The monoisotopic (exact) mass is 326 g/mol. The minimum atomic E-state index is 0.0917. The summed E-state index contributed by atoms with van der Waals surface area (Å²) in [5, 5.41) is 3.56. The first-order chi connectivity index (χ1) is 11.6. The van der Waals surface area contributed by atoms with Crippen molar-refractivity contribution in [3.05, 3.63) is 48.2 Å². The summed E-state index contributed by atoms with van der Waals surface area (Å²) in [6.07, 6.45) is 2.01. The number of nitrogens with zero attached hydrogens (tertiary/aromatic N) is 1. The fourth-order valence-electron chi connectivity index (χ4n) is 3.14. The molecule has 2 heterocycles. The van der Waals surface area contributed by atoms with Gasteiger partial charge in [0.2, 0.25) is 5.91 Å². The van der Waals surface area contributed by atoms with Gasteiger partial charge in [-0.2, -0.15) is 0 Å². The van der Waals surface area contributed by atoms with E-state index in [2.05, 4.69) is 17.4 Å². The molecular formula is C20H26N2O2. The molecule has 0 radical (unpaired) electrons. The molecule has 4 nitrogen and oxygen atoms in total. The molecule has 1 amide bonds. The van der Waals surface area contributed by atoms with Crippen LogP contribution in [-0.2, 0) is 11.3 Å². The van der Waals surface area contributed by atoms with Crippen molar-refractivity contribution in [1.29, 1.82) is 0 Å². The lowest BCUT2D eigenvalue weighted by Crippen LogP contribution is -2.45. The van der Waals surface area contributed by atoms with E-state index in [1.165, 1.54) is 0 Å². The molecule has 1 aliphatic heterocycles. The van der Waals surface area contributed by atoms with Gasteiger partial charge in [-0.15, -0.1) is 0 Å². The molecule has 0 bridgehead atoms. The number of amides is 1. The topological polar surface area (TPSA) is 45.5 Å². The average Bonchev–Trinajstić information content (AvgIpc) is 3.09. The summed E-state index contributed by atoms with van der Waals surface area (Å²) in [6.45, 7) is 6.36. The van der Waals surface area contributed by atoms with Crippen LogP contribution in [0.4, 0.5) is 0 Å². The van der Waals surface area contributed by atoms with Gasteiger partial charge in [-0.1, -0.05) is 44.2 Å². The number of likely N-dealkylation sites (tertiary alicyclic amines) is 1. The molecule has 1 saturated heterocycles. The molecule has 1 N–H and O–H groups in total. The van der Waals surface area contributed by atoms with Gasteiger partial charge in [-0.25, -0.2) is 0 Å². The summed E-state index contributed by atoms with van der Waals surface area (Å²) in [5.74, 6) is 2.22. The highest BCUT2D eigenvalue weighted by Crippen LogP contribution is 2.22. The standard InChI is InChI=1S/C20H26N2O2/c1-15(2)20(23)22-12-10-17(11-13-22)21-14-18-8-9-19(24-18)16-6-4-3-5-7-16/h3-9,15,17,21H,10-14H2,1-2H3. The average molecular weight is 326 g/mol. The molecule has 3 rings (SSSR count). The Morgan fingerprint density at radius 2 is 1.88 bits per heavy atom. The first kappa shape index (κ1) is 16.8. The number of piperidine rings is 1. The smallest absolute Gasteiger partial charge is 0.225 e. The quantitative estimate of drug-likeness (QED) is 0.911. The van der Waals surface area contributed by atoms with Gasteiger partial charge in [-0.3, -0.25) is 4.79 Å². The van der Waals surface area contributed by atoms with Gasteiger partial charge in [0, 0.05) is 30.6 Å². The highest BCUT2D eigenvalue weighted by atomic mass is 16.3. The molecule has 4 heteroatoms. The Morgan fingerprint density at radius 3 is 2.54 bits per heavy atom. The van der Waals surface area contributed by atoms with Crippen molar-refractivity contribution in [1.82, 2.24) is 10.2 Å². The fraction of sp³-hybridized carbons (Fsp3) is 0.450. The van der Waals surface area contributed by atoms with E-state index in [-0.39, 0.29) is 11.8 Å². The predicted octanol–water partition coefficient (Wildman–Crippen LogP) is 3.68. The van der Waals surface area contributed by atoms with E-state index >= 15 is 0 Å². The molecule has 0 atom stereocenters. The van der Waals surface area contributed by atoms with Gasteiger partial charge in [0.15, 0.2) is 0 Å². The molecule has 2 aromatic rings. The Labute approximate surface area is 143 Å². The molecule has 0 spiro atoms. The summed E-state index contributed by atoms with van der Waals surface area (Å²) < 4.78 is 5.92. The van der Waals surface area contributed by atoms with E-state index in [9.17, 15) is 4.79 Å². The fourth-order valence-corrected chi connectivity index (χ4v) is 3.14. The second-order valence-electron chi connectivity index (χ2n) is 6.77. The first-order valence-corrected chi connectivity index (χ1v) is 8.80. The molecular weight excluding hydrogens is 300 g/mol. The van der Waals surface area contributed by atoms with E-state index in [1.807, 2.05) is 49.1 Å². The first-order valence-electron chi connectivity index (χ1n) is 8.80. The highest BCUT2D eigenvalue weighted by Gasteiger charge is 2.24. The summed E-state index contributed by atoms with van der Waals surface area (Å²) in [4.78, 5) is 14.0. The molecule has 0 unspecified atom stereocenters. The van der Waals surface area contributed by atoms with Crippen molar-refractivity contribution < 1.29 is 9.21 Å². The van der Waals surface area contributed by atoms with Crippen LogP contribution < -0.4 is 5.32 Å².